The molecule has 2 heterocycles. The van der Waals surface area contributed by atoms with Crippen molar-refractivity contribution in [3.05, 3.63) is 58.1 Å². The van der Waals surface area contributed by atoms with E-state index in [4.69, 9.17) is 21.3 Å². The number of aromatic nitrogens is 1. The molecule has 5 nitrogen and oxygen atoms in total. The van der Waals surface area contributed by atoms with Gasteiger partial charge in [-0.1, -0.05) is 41.1 Å². The highest BCUT2D eigenvalue weighted by Crippen LogP contribution is 2.33. The number of aryl methyl sites for hydroxylation is 2. The molecule has 158 valence electrons. The van der Waals surface area contributed by atoms with Crippen molar-refractivity contribution in [1.82, 2.24) is 9.88 Å². The van der Waals surface area contributed by atoms with Crippen LogP contribution in [0.25, 0.3) is 10.2 Å². The molecule has 0 spiro atoms. The molecular formula is C23H26ClN3O2S. The number of thiazole rings is 1. The van der Waals surface area contributed by atoms with Gasteiger partial charge < -0.3 is 4.74 Å². The summed E-state index contributed by atoms with van der Waals surface area (Å²) in [6.07, 6.45) is 0.865. The van der Waals surface area contributed by atoms with Crippen LogP contribution in [0.15, 0.2) is 36.4 Å². The maximum Gasteiger partial charge on any atom is 0.261 e. The number of carbonyl (C=O) groups excluding carboxylic acids is 1. The van der Waals surface area contributed by atoms with Gasteiger partial charge in [0.1, 0.15) is 0 Å². The fourth-order valence-corrected chi connectivity index (χ4v) is 4.94. The second-order valence-corrected chi connectivity index (χ2v) is 9.01. The van der Waals surface area contributed by atoms with Crippen LogP contribution in [0.3, 0.4) is 0 Å². The number of benzene rings is 2. The smallest absolute Gasteiger partial charge is 0.261 e. The zero-order valence-corrected chi connectivity index (χ0v) is 18.9. The summed E-state index contributed by atoms with van der Waals surface area (Å²) >= 11 is 7.90. The fourth-order valence-electron chi connectivity index (χ4n) is 3.67. The summed E-state index contributed by atoms with van der Waals surface area (Å²) in [5.74, 6) is -0.101. The summed E-state index contributed by atoms with van der Waals surface area (Å²) in [5.41, 5.74) is 3.85. The molecular weight excluding hydrogens is 418 g/mol. The molecule has 1 fully saturated rings. The van der Waals surface area contributed by atoms with Gasteiger partial charge in [0.05, 0.1) is 34.0 Å². The second-order valence-electron chi connectivity index (χ2n) is 7.59. The SMILES string of the molecule is Cc1ccc2sc(N(CCCN3CCOCC3)C(=O)c3ccccc3Cl)nc2c1C. The van der Waals surface area contributed by atoms with E-state index in [1.807, 2.05) is 12.1 Å². The molecule has 1 saturated heterocycles. The minimum absolute atomic E-state index is 0.101. The van der Waals surface area contributed by atoms with Crippen LogP contribution in [0.5, 0.6) is 0 Å². The van der Waals surface area contributed by atoms with E-state index in [9.17, 15) is 4.79 Å². The molecule has 2 aromatic carbocycles. The fraction of sp³-hybridized carbons (Fsp3) is 0.391. The number of fused-ring (bicyclic) bond motifs is 1. The van der Waals surface area contributed by atoms with Crippen molar-refractivity contribution in [2.45, 2.75) is 20.3 Å². The average molecular weight is 444 g/mol. The Morgan fingerprint density at radius 3 is 2.73 bits per heavy atom. The first-order valence-corrected chi connectivity index (χ1v) is 11.5. The van der Waals surface area contributed by atoms with Crippen LogP contribution in [-0.4, -0.2) is 55.2 Å². The minimum Gasteiger partial charge on any atom is -0.379 e. The third-order valence-electron chi connectivity index (χ3n) is 5.61. The van der Waals surface area contributed by atoms with Crippen LogP contribution >= 0.6 is 22.9 Å². The minimum atomic E-state index is -0.101. The van der Waals surface area contributed by atoms with E-state index < -0.39 is 0 Å². The summed E-state index contributed by atoms with van der Waals surface area (Å²) in [4.78, 5) is 22.5. The molecule has 0 bridgehead atoms. The first kappa shape index (κ1) is 21.2. The van der Waals surface area contributed by atoms with Crippen LogP contribution < -0.4 is 4.90 Å². The number of anilines is 1. The summed E-state index contributed by atoms with van der Waals surface area (Å²) in [6.45, 7) is 9.13. The molecule has 1 aliphatic rings. The number of halogens is 1. The van der Waals surface area contributed by atoms with Gasteiger partial charge >= 0.3 is 0 Å². The Morgan fingerprint density at radius 1 is 1.20 bits per heavy atom. The lowest BCUT2D eigenvalue weighted by Gasteiger charge is -2.27. The van der Waals surface area contributed by atoms with E-state index in [0.29, 0.717) is 17.1 Å². The first-order valence-electron chi connectivity index (χ1n) is 10.3. The second kappa shape index (κ2) is 9.43. The molecule has 0 atom stereocenters. The van der Waals surface area contributed by atoms with Gasteiger partial charge in [-0.05, 0) is 49.6 Å². The summed E-state index contributed by atoms with van der Waals surface area (Å²) in [5, 5.41) is 1.19. The third-order valence-corrected chi connectivity index (χ3v) is 6.99. The van der Waals surface area contributed by atoms with Crippen molar-refractivity contribution in [2.75, 3.05) is 44.3 Å². The lowest BCUT2D eigenvalue weighted by molar-refractivity contribution is 0.0376. The Kier molecular flexibility index (Phi) is 6.68. The third kappa shape index (κ3) is 4.52. The van der Waals surface area contributed by atoms with Gasteiger partial charge in [-0.3, -0.25) is 14.6 Å². The molecule has 4 rings (SSSR count). The van der Waals surface area contributed by atoms with Crippen molar-refractivity contribution < 1.29 is 9.53 Å². The monoisotopic (exact) mass is 443 g/mol. The van der Waals surface area contributed by atoms with Gasteiger partial charge in [-0.15, -0.1) is 0 Å². The number of nitrogens with zero attached hydrogens (tertiary/aromatic N) is 3. The zero-order chi connectivity index (χ0) is 21.1. The number of morpholine rings is 1. The molecule has 0 saturated carbocycles. The Labute approximate surface area is 186 Å². The molecule has 0 unspecified atom stereocenters. The number of rotatable bonds is 6. The Hall–Kier alpha value is -1.99. The topological polar surface area (TPSA) is 45.7 Å². The van der Waals surface area contributed by atoms with Crippen LogP contribution in [0, 0.1) is 13.8 Å². The maximum absolute atomic E-state index is 13.5. The first-order chi connectivity index (χ1) is 14.5. The van der Waals surface area contributed by atoms with Gasteiger partial charge in [-0.2, -0.15) is 0 Å². The summed E-state index contributed by atoms with van der Waals surface area (Å²) in [7, 11) is 0. The highest BCUT2D eigenvalue weighted by atomic mass is 35.5. The van der Waals surface area contributed by atoms with E-state index in [1.54, 1.807) is 28.4 Å². The van der Waals surface area contributed by atoms with Crippen molar-refractivity contribution in [3.8, 4) is 0 Å². The number of hydrogen-bond donors (Lipinski definition) is 0. The van der Waals surface area contributed by atoms with E-state index in [0.717, 1.165) is 60.2 Å². The maximum atomic E-state index is 13.5. The molecule has 3 aromatic rings. The van der Waals surface area contributed by atoms with Crippen LogP contribution in [0.4, 0.5) is 5.13 Å². The Morgan fingerprint density at radius 2 is 1.97 bits per heavy atom. The largest absolute Gasteiger partial charge is 0.379 e. The number of hydrogen-bond acceptors (Lipinski definition) is 5. The van der Waals surface area contributed by atoms with Crippen molar-refractivity contribution in [3.63, 3.8) is 0 Å². The van der Waals surface area contributed by atoms with Gasteiger partial charge in [0.15, 0.2) is 5.13 Å². The van der Waals surface area contributed by atoms with Gasteiger partial charge in [0.25, 0.3) is 5.91 Å². The Balaban J connectivity index is 1.62. The van der Waals surface area contributed by atoms with E-state index in [-0.39, 0.29) is 5.91 Å². The lowest BCUT2D eigenvalue weighted by atomic mass is 10.1. The molecule has 0 radical (unpaired) electrons. The molecule has 0 N–H and O–H groups in total. The van der Waals surface area contributed by atoms with E-state index >= 15 is 0 Å². The molecule has 1 aliphatic heterocycles. The van der Waals surface area contributed by atoms with Crippen LogP contribution in [-0.2, 0) is 4.74 Å². The van der Waals surface area contributed by atoms with Crippen molar-refractivity contribution in [1.29, 1.82) is 0 Å². The standard InChI is InChI=1S/C23H26ClN3O2S/c1-16-8-9-20-21(17(16)2)25-23(30-20)27(11-5-10-26-12-14-29-15-13-26)22(28)18-6-3-4-7-19(18)24/h3-4,6-9H,5,10-15H2,1-2H3. The van der Waals surface area contributed by atoms with Gasteiger partial charge in [0, 0.05) is 26.2 Å². The highest BCUT2D eigenvalue weighted by molar-refractivity contribution is 7.22. The van der Waals surface area contributed by atoms with E-state index in [2.05, 4.69) is 30.9 Å². The number of ether oxygens (including phenoxy) is 1. The molecule has 30 heavy (non-hydrogen) atoms. The number of amides is 1. The lowest BCUT2D eigenvalue weighted by Crippen LogP contribution is -2.39. The highest BCUT2D eigenvalue weighted by Gasteiger charge is 2.24. The van der Waals surface area contributed by atoms with Crippen molar-refractivity contribution >= 4 is 44.2 Å². The summed E-state index contributed by atoms with van der Waals surface area (Å²) in [6, 6.07) is 11.4. The van der Waals surface area contributed by atoms with Gasteiger partial charge in [0.2, 0.25) is 0 Å². The van der Waals surface area contributed by atoms with E-state index in [1.165, 1.54) is 5.56 Å². The Bertz CT molecular complexity index is 1050. The molecule has 0 aliphatic carbocycles. The molecule has 1 amide bonds. The quantitative estimate of drug-likeness (QED) is 0.541. The average Bonchev–Trinajstić information content (AvgIpc) is 3.19. The predicted molar refractivity (Wildman–Crippen MR) is 124 cm³/mol. The zero-order valence-electron chi connectivity index (χ0n) is 17.4. The normalized spacial score (nSPS) is 14.9. The summed E-state index contributed by atoms with van der Waals surface area (Å²) < 4.78 is 6.53. The van der Waals surface area contributed by atoms with Gasteiger partial charge in [-0.25, -0.2) is 4.98 Å². The van der Waals surface area contributed by atoms with Crippen LogP contribution in [0.1, 0.15) is 27.9 Å². The predicted octanol–water partition coefficient (Wildman–Crippen LogP) is 4.94. The van der Waals surface area contributed by atoms with Crippen molar-refractivity contribution in [2.24, 2.45) is 0 Å². The number of carbonyl (C=O) groups is 1. The molecule has 1 aromatic heterocycles. The molecule has 7 heteroatoms. The van der Waals surface area contributed by atoms with Crippen LogP contribution in [0.2, 0.25) is 5.02 Å².